The Bertz CT molecular complexity index is 387. The number of benzene rings is 1. The van der Waals surface area contributed by atoms with Crippen molar-refractivity contribution in [1.82, 2.24) is 9.80 Å². The van der Waals surface area contributed by atoms with E-state index < -0.39 is 0 Å². The molecular weight excluding hydrogens is 234 g/mol. The van der Waals surface area contributed by atoms with Gasteiger partial charge in [0.2, 0.25) is 0 Å². The van der Waals surface area contributed by atoms with E-state index in [1.165, 1.54) is 38.2 Å². The highest BCUT2D eigenvalue weighted by Gasteiger charge is 2.25. The highest BCUT2D eigenvalue weighted by atomic mass is 15.2. The van der Waals surface area contributed by atoms with Crippen molar-refractivity contribution in [3.05, 3.63) is 29.8 Å². The van der Waals surface area contributed by atoms with Crippen LogP contribution < -0.4 is 5.73 Å². The van der Waals surface area contributed by atoms with Crippen LogP contribution in [-0.2, 0) is 6.42 Å². The Labute approximate surface area is 117 Å². The van der Waals surface area contributed by atoms with Crippen molar-refractivity contribution in [3.8, 4) is 0 Å². The molecule has 1 aromatic carbocycles. The van der Waals surface area contributed by atoms with Gasteiger partial charge in [0.1, 0.15) is 0 Å². The number of rotatable bonds is 6. The van der Waals surface area contributed by atoms with Crippen LogP contribution in [0.4, 0.5) is 5.69 Å². The van der Waals surface area contributed by atoms with Gasteiger partial charge in [-0.25, -0.2) is 0 Å². The lowest BCUT2D eigenvalue weighted by Crippen LogP contribution is -2.37. The first kappa shape index (κ1) is 14.4. The third kappa shape index (κ3) is 3.95. The van der Waals surface area contributed by atoms with Gasteiger partial charge >= 0.3 is 0 Å². The second-order valence-electron chi connectivity index (χ2n) is 5.46. The molecule has 1 aliphatic rings. The second kappa shape index (κ2) is 6.92. The van der Waals surface area contributed by atoms with Gasteiger partial charge in [-0.05, 0) is 50.2 Å². The molecule has 1 aromatic rings. The van der Waals surface area contributed by atoms with Crippen LogP contribution >= 0.6 is 0 Å². The normalized spacial score (nSPS) is 20.3. The highest BCUT2D eigenvalue weighted by molar-refractivity contribution is 5.40. The first-order valence-corrected chi connectivity index (χ1v) is 7.53. The lowest BCUT2D eigenvalue weighted by atomic mass is 10.1. The summed E-state index contributed by atoms with van der Waals surface area (Å²) in [5.41, 5.74) is 8.05. The standard InChI is InChI=1S/C16H27N3/c1-3-19(4-2)16-9-11-18(13-16)10-8-14-6-5-7-15(17)12-14/h5-7,12,16H,3-4,8-11,13,17H2,1-2H3. The Morgan fingerprint density at radius 2 is 2.11 bits per heavy atom. The lowest BCUT2D eigenvalue weighted by Gasteiger charge is -2.26. The molecule has 19 heavy (non-hydrogen) atoms. The largest absolute Gasteiger partial charge is 0.399 e. The van der Waals surface area contributed by atoms with E-state index in [-0.39, 0.29) is 0 Å². The molecule has 1 fully saturated rings. The summed E-state index contributed by atoms with van der Waals surface area (Å²) in [4.78, 5) is 5.17. The molecule has 1 unspecified atom stereocenters. The van der Waals surface area contributed by atoms with Gasteiger partial charge in [-0.15, -0.1) is 0 Å². The van der Waals surface area contributed by atoms with Crippen LogP contribution in [0.25, 0.3) is 0 Å². The monoisotopic (exact) mass is 261 g/mol. The average Bonchev–Trinajstić information content (AvgIpc) is 2.87. The number of nitrogens with zero attached hydrogens (tertiary/aromatic N) is 2. The molecule has 0 amide bonds. The molecule has 0 spiro atoms. The van der Waals surface area contributed by atoms with Crippen molar-refractivity contribution in [2.45, 2.75) is 32.7 Å². The number of hydrogen-bond acceptors (Lipinski definition) is 3. The minimum atomic E-state index is 0.760. The Kier molecular flexibility index (Phi) is 5.23. The Balaban J connectivity index is 1.79. The van der Waals surface area contributed by atoms with E-state index in [0.717, 1.165) is 24.7 Å². The Morgan fingerprint density at radius 1 is 1.32 bits per heavy atom. The predicted molar refractivity (Wildman–Crippen MR) is 82.3 cm³/mol. The zero-order valence-corrected chi connectivity index (χ0v) is 12.3. The van der Waals surface area contributed by atoms with Gasteiger partial charge in [-0.3, -0.25) is 4.90 Å². The molecule has 106 valence electrons. The summed E-state index contributed by atoms with van der Waals surface area (Å²) >= 11 is 0. The number of likely N-dealkylation sites (tertiary alicyclic amines) is 1. The van der Waals surface area contributed by atoms with Gasteiger partial charge in [0, 0.05) is 24.8 Å². The maximum Gasteiger partial charge on any atom is 0.0316 e. The number of nitrogen functional groups attached to an aromatic ring is 1. The Hall–Kier alpha value is -1.06. The van der Waals surface area contributed by atoms with E-state index in [9.17, 15) is 0 Å². The third-order valence-electron chi connectivity index (χ3n) is 4.24. The summed E-state index contributed by atoms with van der Waals surface area (Å²) in [5, 5.41) is 0. The van der Waals surface area contributed by atoms with Crippen molar-refractivity contribution in [3.63, 3.8) is 0 Å². The van der Waals surface area contributed by atoms with Crippen LogP contribution in [0, 0.1) is 0 Å². The van der Waals surface area contributed by atoms with Gasteiger partial charge in [-0.1, -0.05) is 26.0 Å². The van der Waals surface area contributed by atoms with E-state index in [1.54, 1.807) is 0 Å². The van der Waals surface area contributed by atoms with Crippen LogP contribution in [0.1, 0.15) is 25.8 Å². The van der Waals surface area contributed by atoms with Crippen LogP contribution in [0.15, 0.2) is 24.3 Å². The number of likely N-dealkylation sites (N-methyl/N-ethyl adjacent to an activating group) is 1. The maximum absolute atomic E-state index is 5.82. The lowest BCUT2D eigenvalue weighted by molar-refractivity contribution is 0.211. The molecule has 1 atom stereocenters. The van der Waals surface area contributed by atoms with Crippen LogP contribution in [0.5, 0.6) is 0 Å². The topological polar surface area (TPSA) is 32.5 Å². The van der Waals surface area contributed by atoms with E-state index in [2.05, 4.69) is 35.8 Å². The average molecular weight is 261 g/mol. The van der Waals surface area contributed by atoms with Crippen molar-refractivity contribution in [1.29, 1.82) is 0 Å². The molecule has 1 saturated heterocycles. The second-order valence-corrected chi connectivity index (χ2v) is 5.46. The Morgan fingerprint density at radius 3 is 2.79 bits per heavy atom. The van der Waals surface area contributed by atoms with Gasteiger partial charge in [0.15, 0.2) is 0 Å². The first-order chi connectivity index (χ1) is 9.22. The summed E-state index contributed by atoms with van der Waals surface area (Å²) in [7, 11) is 0. The van der Waals surface area contributed by atoms with E-state index in [0.29, 0.717) is 0 Å². The highest BCUT2D eigenvalue weighted by Crippen LogP contribution is 2.16. The predicted octanol–water partition coefficient (Wildman–Crippen LogP) is 2.23. The fourth-order valence-corrected chi connectivity index (χ4v) is 3.09. The molecule has 3 nitrogen and oxygen atoms in total. The van der Waals surface area contributed by atoms with Gasteiger partial charge in [-0.2, -0.15) is 0 Å². The van der Waals surface area contributed by atoms with E-state index in [4.69, 9.17) is 5.73 Å². The van der Waals surface area contributed by atoms with E-state index in [1.807, 2.05) is 12.1 Å². The third-order valence-corrected chi connectivity index (χ3v) is 4.24. The molecule has 3 heteroatoms. The van der Waals surface area contributed by atoms with Gasteiger partial charge in [0.25, 0.3) is 0 Å². The molecule has 0 aromatic heterocycles. The number of anilines is 1. The number of nitrogens with two attached hydrogens (primary N) is 1. The molecule has 0 saturated carbocycles. The molecule has 0 aliphatic carbocycles. The number of hydrogen-bond donors (Lipinski definition) is 1. The van der Waals surface area contributed by atoms with Crippen LogP contribution in [0.2, 0.25) is 0 Å². The molecule has 0 bridgehead atoms. The minimum Gasteiger partial charge on any atom is -0.399 e. The van der Waals surface area contributed by atoms with Gasteiger partial charge < -0.3 is 10.6 Å². The van der Waals surface area contributed by atoms with Crippen molar-refractivity contribution < 1.29 is 0 Å². The molecule has 1 heterocycles. The summed E-state index contributed by atoms with van der Waals surface area (Å²) in [6.45, 7) is 10.5. The van der Waals surface area contributed by atoms with Crippen molar-refractivity contribution in [2.24, 2.45) is 0 Å². The molecule has 2 N–H and O–H groups in total. The minimum absolute atomic E-state index is 0.760. The summed E-state index contributed by atoms with van der Waals surface area (Å²) < 4.78 is 0. The van der Waals surface area contributed by atoms with E-state index >= 15 is 0 Å². The van der Waals surface area contributed by atoms with Crippen LogP contribution in [0.3, 0.4) is 0 Å². The molecule has 1 aliphatic heterocycles. The molecule has 2 rings (SSSR count). The van der Waals surface area contributed by atoms with Gasteiger partial charge in [0.05, 0.1) is 0 Å². The quantitative estimate of drug-likeness (QED) is 0.797. The SMILES string of the molecule is CCN(CC)C1CCN(CCc2cccc(N)c2)C1. The smallest absolute Gasteiger partial charge is 0.0316 e. The first-order valence-electron chi connectivity index (χ1n) is 7.53. The summed E-state index contributed by atoms with van der Waals surface area (Å²) in [6, 6.07) is 9.03. The summed E-state index contributed by atoms with van der Waals surface area (Å²) in [6.07, 6.45) is 2.43. The van der Waals surface area contributed by atoms with Crippen molar-refractivity contribution >= 4 is 5.69 Å². The maximum atomic E-state index is 5.82. The fourth-order valence-electron chi connectivity index (χ4n) is 3.09. The zero-order valence-electron chi connectivity index (χ0n) is 12.3. The molecular formula is C16H27N3. The van der Waals surface area contributed by atoms with Crippen LogP contribution in [-0.4, -0.2) is 48.6 Å². The zero-order chi connectivity index (χ0) is 13.7. The molecule has 0 radical (unpaired) electrons. The fraction of sp³-hybridized carbons (Fsp3) is 0.625. The summed E-state index contributed by atoms with van der Waals surface area (Å²) in [5.74, 6) is 0. The van der Waals surface area contributed by atoms with Crippen molar-refractivity contribution in [2.75, 3.05) is 38.5 Å².